The number of carbonyl (C=O) groups excluding carboxylic acids is 1. The maximum atomic E-state index is 12.4. The van der Waals surface area contributed by atoms with Crippen molar-refractivity contribution < 1.29 is 19.4 Å². The molecule has 1 aliphatic rings. The van der Waals surface area contributed by atoms with E-state index in [-0.39, 0.29) is 18.5 Å². The van der Waals surface area contributed by atoms with E-state index in [1.54, 1.807) is 4.90 Å². The maximum absolute atomic E-state index is 12.4. The van der Waals surface area contributed by atoms with E-state index in [1.165, 1.54) is 0 Å². The van der Waals surface area contributed by atoms with Gasteiger partial charge in [0.05, 0.1) is 19.1 Å². The lowest BCUT2D eigenvalue weighted by molar-refractivity contribution is -0.141. The van der Waals surface area contributed by atoms with E-state index in [0.717, 1.165) is 6.42 Å². The van der Waals surface area contributed by atoms with Crippen LogP contribution >= 0.6 is 0 Å². The largest absolute Gasteiger partial charge is 0.481 e. The summed E-state index contributed by atoms with van der Waals surface area (Å²) < 4.78 is 5.38. The molecule has 2 unspecified atom stereocenters. The lowest BCUT2D eigenvalue weighted by Crippen LogP contribution is -2.53. The van der Waals surface area contributed by atoms with Gasteiger partial charge < -0.3 is 19.6 Å². The maximum Gasteiger partial charge on any atom is 0.320 e. The van der Waals surface area contributed by atoms with Gasteiger partial charge >= 0.3 is 12.0 Å². The first-order valence-electron chi connectivity index (χ1n) is 6.88. The number of amides is 2. The molecule has 1 fully saturated rings. The van der Waals surface area contributed by atoms with E-state index < -0.39 is 12.1 Å². The molecule has 0 aromatic carbocycles. The number of hydrogen-bond donors (Lipinski definition) is 1. The number of carboxylic acid groups (broad SMARTS) is 1. The molecule has 19 heavy (non-hydrogen) atoms. The molecule has 2 atom stereocenters. The standard InChI is InChI=1S/C13H24N2O4/c1-4-10(3)15(5-2)13(18)14-6-7-19-11(9-14)8-12(16)17/h10-11H,4-9H2,1-3H3,(H,16,17). The van der Waals surface area contributed by atoms with Crippen LogP contribution in [0.1, 0.15) is 33.6 Å². The van der Waals surface area contributed by atoms with Gasteiger partial charge in [-0.15, -0.1) is 0 Å². The molecule has 1 N–H and O–H groups in total. The minimum atomic E-state index is -0.895. The van der Waals surface area contributed by atoms with Crippen LogP contribution in [0, 0.1) is 0 Å². The smallest absolute Gasteiger partial charge is 0.320 e. The molecule has 0 aliphatic carbocycles. The lowest BCUT2D eigenvalue weighted by atomic mass is 10.2. The molecule has 6 nitrogen and oxygen atoms in total. The summed E-state index contributed by atoms with van der Waals surface area (Å²) in [6.07, 6.45) is 0.452. The second-order valence-electron chi connectivity index (χ2n) is 4.86. The van der Waals surface area contributed by atoms with Crippen LogP contribution < -0.4 is 0 Å². The molecule has 0 aromatic heterocycles. The second kappa shape index (κ2) is 7.33. The molecule has 0 saturated carbocycles. The number of carbonyl (C=O) groups is 2. The van der Waals surface area contributed by atoms with E-state index in [2.05, 4.69) is 0 Å². The highest BCUT2D eigenvalue weighted by atomic mass is 16.5. The SMILES string of the molecule is CCC(C)N(CC)C(=O)N1CCOC(CC(=O)O)C1. The summed E-state index contributed by atoms with van der Waals surface area (Å²) in [5, 5.41) is 8.78. The molecule has 1 aliphatic heterocycles. The van der Waals surface area contributed by atoms with Crippen LogP contribution in [0.2, 0.25) is 0 Å². The van der Waals surface area contributed by atoms with Crippen molar-refractivity contribution in [2.24, 2.45) is 0 Å². The van der Waals surface area contributed by atoms with Crippen LogP contribution in [-0.4, -0.2) is 65.3 Å². The topological polar surface area (TPSA) is 70.1 Å². The number of urea groups is 1. The Morgan fingerprint density at radius 3 is 2.68 bits per heavy atom. The van der Waals surface area contributed by atoms with Gasteiger partial charge in [-0.25, -0.2) is 4.79 Å². The van der Waals surface area contributed by atoms with E-state index in [9.17, 15) is 9.59 Å². The normalized spacial score (nSPS) is 21.0. The average Bonchev–Trinajstić information content (AvgIpc) is 2.38. The zero-order chi connectivity index (χ0) is 14.4. The van der Waals surface area contributed by atoms with Gasteiger partial charge in [-0.3, -0.25) is 4.79 Å². The third kappa shape index (κ3) is 4.38. The molecule has 1 saturated heterocycles. The van der Waals surface area contributed by atoms with Crippen molar-refractivity contribution in [2.45, 2.75) is 45.8 Å². The van der Waals surface area contributed by atoms with Crippen LogP contribution in [0.15, 0.2) is 0 Å². The summed E-state index contributed by atoms with van der Waals surface area (Å²) in [4.78, 5) is 26.6. The van der Waals surface area contributed by atoms with Crippen molar-refractivity contribution >= 4 is 12.0 Å². The van der Waals surface area contributed by atoms with Crippen molar-refractivity contribution in [1.82, 2.24) is 9.80 Å². The Balaban J connectivity index is 2.62. The van der Waals surface area contributed by atoms with Crippen molar-refractivity contribution in [3.8, 4) is 0 Å². The summed E-state index contributed by atoms with van der Waals surface area (Å²) in [7, 11) is 0. The van der Waals surface area contributed by atoms with Gasteiger partial charge in [0, 0.05) is 25.7 Å². The highest BCUT2D eigenvalue weighted by molar-refractivity contribution is 5.75. The Bertz CT molecular complexity index is 322. The van der Waals surface area contributed by atoms with Gasteiger partial charge in [-0.2, -0.15) is 0 Å². The van der Waals surface area contributed by atoms with E-state index in [4.69, 9.17) is 9.84 Å². The number of nitrogens with zero attached hydrogens (tertiary/aromatic N) is 2. The third-order valence-electron chi connectivity index (χ3n) is 3.52. The van der Waals surface area contributed by atoms with Gasteiger partial charge in [0.2, 0.25) is 0 Å². The summed E-state index contributed by atoms with van der Waals surface area (Å²) >= 11 is 0. The van der Waals surface area contributed by atoms with Crippen LogP contribution in [0.4, 0.5) is 4.79 Å². The Morgan fingerprint density at radius 1 is 1.47 bits per heavy atom. The monoisotopic (exact) mass is 272 g/mol. The fourth-order valence-electron chi connectivity index (χ4n) is 2.25. The van der Waals surface area contributed by atoms with Gasteiger partial charge in [0.25, 0.3) is 0 Å². The second-order valence-corrected chi connectivity index (χ2v) is 4.86. The minimum absolute atomic E-state index is 0.0180. The van der Waals surface area contributed by atoms with E-state index in [0.29, 0.717) is 26.2 Å². The molecule has 2 amide bonds. The molecule has 1 rings (SSSR count). The predicted octanol–water partition coefficient (Wildman–Crippen LogP) is 1.40. The number of hydrogen-bond acceptors (Lipinski definition) is 3. The van der Waals surface area contributed by atoms with Crippen LogP contribution in [0.25, 0.3) is 0 Å². The minimum Gasteiger partial charge on any atom is -0.481 e. The fraction of sp³-hybridized carbons (Fsp3) is 0.846. The van der Waals surface area contributed by atoms with Crippen LogP contribution in [-0.2, 0) is 9.53 Å². The summed E-state index contributed by atoms with van der Waals surface area (Å²) in [5.41, 5.74) is 0. The quantitative estimate of drug-likeness (QED) is 0.821. The van der Waals surface area contributed by atoms with Crippen molar-refractivity contribution in [3.63, 3.8) is 0 Å². The number of morpholine rings is 1. The third-order valence-corrected chi connectivity index (χ3v) is 3.52. The number of rotatable bonds is 5. The highest BCUT2D eigenvalue weighted by Crippen LogP contribution is 2.13. The zero-order valence-electron chi connectivity index (χ0n) is 12.0. The highest BCUT2D eigenvalue weighted by Gasteiger charge is 2.29. The summed E-state index contributed by atoms with van der Waals surface area (Å²) in [6, 6.07) is 0.175. The van der Waals surface area contributed by atoms with Crippen LogP contribution in [0.5, 0.6) is 0 Å². The Labute approximate surface area is 114 Å². The van der Waals surface area contributed by atoms with E-state index >= 15 is 0 Å². The molecule has 0 aromatic rings. The fourth-order valence-corrected chi connectivity index (χ4v) is 2.25. The van der Waals surface area contributed by atoms with Gasteiger partial charge in [-0.05, 0) is 20.3 Å². The van der Waals surface area contributed by atoms with E-state index in [1.807, 2.05) is 25.7 Å². The van der Waals surface area contributed by atoms with Gasteiger partial charge in [0.15, 0.2) is 0 Å². The Kier molecular flexibility index (Phi) is 6.08. The van der Waals surface area contributed by atoms with Crippen molar-refractivity contribution in [1.29, 1.82) is 0 Å². The predicted molar refractivity (Wildman–Crippen MR) is 71.1 cm³/mol. The van der Waals surface area contributed by atoms with Crippen molar-refractivity contribution in [3.05, 3.63) is 0 Å². The summed E-state index contributed by atoms with van der Waals surface area (Å²) in [6.45, 7) is 7.99. The first-order valence-corrected chi connectivity index (χ1v) is 6.88. The van der Waals surface area contributed by atoms with Gasteiger partial charge in [0.1, 0.15) is 0 Å². The molecular weight excluding hydrogens is 248 g/mol. The molecule has 0 radical (unpaired) electrons. The zero-order valence-corrected chi connectivity index (χ0v) is 12.0. The average molecular weight is 272 g/mol. The first-order chi connectivity index (χ1) is 8.99. The van der Waals surface area contributed by atoms with Crippen LogP contribution in [0.3, 0.4) is 0 Å². The molecule has 1 heterocycles. The number of aliphatic carboxylic acids is 1. The molecule has 6 heteroatoms. The van der Waals surface area contributed by atoms with Crippen molar-refractivity contribution in [2.75, 3.05) is 26.2 Å². The summed E-state index contributed by atoms with van der Waals surface area (Å²) in [5.74, 6) is -0.895. The molecular formula is C13H24N2O4. The Morgan fingerprint density at radius 2 is 2.16 bits per heavy atom. The van der Waals surface area contributed by atoms with Gasteiger partial charge in [-0.1, -0.05) is 6.92 Å². The Hall–Kier alpha value is -1.30. The first kappa shape index (κ1) is 15.8. The molecule has 0 bridgehead atoms. The molecule has 0 spiro atoms. The number of ether oxygens (including phenoxy) is 1. The number of carboxylic acids is 1. The molecule has 110 valence electrons. The lowest BCUT2D eigenvalue weighted by Gasteiger charge is -2.37.